The summed E-state index contributed by atoms with van der Waals surface area (Å²) < 4.78 is 26.2. The summed E-state index contributed by atoms with van der Waals surface area (Å²) in [7, 11) is -0.211. The normalized spacial score (nSPS) is 13.7. The second-order valence-electron chi connectivity index (χ2n) is 4.49. The summed E-state index contributed by atoms with van der Waals surface area (Å²) in [6, 6.07) is 0. The molecule has 0 atom stereocenters. The average molecular weight is 208 g/mol. The van der Waals surface area contributed by atoms with Gasteiger partial charge in [-0.15, -0.1) is 0 Å². The molecule has 80 valence electrons. The van der Waals surface area contributed by atoms with Gasteiger partial charge in [0.25, 0.3) is 10.2 Å². The quantitative estimate of drug-likeness (QED) is 0.743. The Morgan fingerprint density at radius 1 is 1.23 bits per heavy atom. The highest BCUT2D eigenvalue weighted by atomic mass is 32.2. The van der Waals surface area contributed by atoms with Gasteiger partial charge in [0, 0.05) is 20.6 Å². The van der Waals surface area contributed by atoms with Crippen molar-refractivity contribution >= 4 is 10.2 Å². The highest BCUT2D eigenvalue weighted by Gasteiger charge is 2.15. The summed E-state index contributed by atoms with van der Waals surface area (Å²) in [6.07, 6.45) is 0.833. The van der Waals surface area contributed by atoms with E-state index in [9.17, 15) is 8.42 Å². The Balaban J connectivity index is 3.92. The average Bonchev–Trinajstić information content (AvgIpc) is 1.82. The van der Waals surface area contributed by atoms with Crippen molar-refractivity contribution in [1.82, 2.24) is 9.03 Å². The van der Waals surface area contributed by atoms with Crippen LogP contribution in [0.3, 0.4) is 0 Å². The summed E-state index contributed by atoms with van der Waals surface area (Å²) in [5.41, 5.74) is 0.162. The first kappa shape index (κ1) is 12.9. The first-order valence-corrected chi connectivity index (χ1v) is 5.76. The molecule has 0 spiro atoms. The molecule has 13 heavy (non-hydrogen) atoms. The van der Waals surface area contributed by atoms with Crippen molar-refractivity contribution in [3.8, 4) is 0 Å². The van der Waals surface area contributed by atoms with Gasteiger partial charge in [-0.2, -0.15) is 12.7 Å². The van der Waals surface area contributed by atoms with E-state index in [4.69, 9.17) is 0 Å². The van der Waals surface area contributed by atoms with Crippen molar-refractivity contribution in [1.29, 1.82) is 0 Å². The van der Waals surface area contributed by atoms with Crippen LogP contribution in [0.25, 0.3) is 0 Å². The zero-order valence-corrected chi connectivity index (χ0v) is 9.90. The van der Waals surface area contributed by atoms with Gasteiger partial charge < -0.3 is 0 Å². The Bertz CT molecular complexity index is 239. The number of hydrogen-bond acceptors (Lipinski definition) is 2. The second kappa shape index (κ2) is 4.39. The highest BCUT2D eigenvalue weighted by molar-refractivity contribution is 7.87. The minimum Gasteiger partial charge on any atom is -0.202 e. The molecule has 0 saturated carbocycles. The summed E-state index contributed by atoms with van der Waals surface area (Å²) in [4.78, 5) is 0. The number of nitrogens with one attached hydrogen (secondary N) is 1. The van der Waals surface area contributed by atoms with Gasteiger partial charge >= 0.3 is 0 Å². The lowest BCUT2D eigenvalue weighted by atomic mass is 9.93. The van der Waals surface area contributed by atoms with Crippen LogP contribution in [0, 0.1) is 5.41 Å². The summed E-state index contributed by atoms with van der Waals surface area (Å²) in [6.45, 7) is 6.73. The number of rotatable bonds is 4. The lowest BCUT2D eigenvalue weighted by molar-refractivity contribution is 0.376. The fourth-order valence-electron chi connectivity index (χ4n) is 0.684. The van der Waals surface area contributed by atoms with Crippen LogP contribution in [0.2, 0.25) is 0 Å². The molecule has 0 aliphatic heterocycles. The van der Waals surface area contributed by atoms with Crippen molar-refractivity contribution < 1.29 is 8.42 Å². The van der Waals surface area contributed by atoms with Crippen LogP contribution in [0.15, 0.2) is 0 Å². The smallest absolute Gasteiger partial charge is 0.202 e. The first-order valence-electron chi connectivity index (χ1n) is 4.32. The minimum atomic E-state index is -3.24. The molecule has 0 fully saturated rings. The van der Waals surface area contributed by atoms with Crippen LogP contribution in [0.4, 0.5) is 0 Å². The Morgan fingerprint density at radius 2 is 1.69 bits per heavy atom. The minimum absolute atomic E-state index is 0.162. The molecular weight excluding hydrogens is 188 g/mol. The van der Waals surface area contributed by atoms with Crippen LogP contribution in [0.1, 0.15) is 27.2 Å². The topological polar surface area (TPSA) is 49.4 Å². The van der Waals surface area contributed by atoms with Crippen LogP contribution in [-0.2, 0) is 10.2 Å². The molecule has 0 aliphatic rings. The molecule has 0 heterocycles. The highest BCUT2D eigenvalue weighted by Crippen LogP contribution is 2.17. The fourth-order valence-corrected chi connectivity index (χ4v) is 1.30. The van der Waals surface area contributed by atoms with Crippen molar-refractivity contribution in [2.75, 3.05) is 20.6 Å². The zero-order chi connectivity index (χ0) is 10.7. The van der Waals surface area contributed by atoms with E-state index in [1.165, 1.54) is 18.4 Å². The predicted octanol–water partition coefficient (Wildman–Crippen LogP) is 0.819. The fraction of sp³-hybridized carbons (Fsp3) is 1.00. The Kier molecular flexibility index (Phi) is 4.35. The summed E-state index contributed by atoms with van der Waals surface area (Å²) >= 11 is 0. The molecule has 0 aromatic carbocycles. The monoisotopic (exact) mass is 208 g/mol. The van der Waals surface area contributed by atoms with Crippen LogP contribution in [0.5, 0.6) is 0 Å². The summed E-state index contributed by atoms with van der Waals surface area (Å²) in [5, 5.41) is 0. The first-order chi connectivity index (χ1) is 5.65. The molecule has 0 aromatic heterocycles. The van der Waals surface area contributed by atoms with Gasteiger partial charge in [-0.25, -0.2) is 4.72 Å². The third kappa shape index (κ3) is 6.01. The summed E-state index contributed by atoms with van der Waals surface area (Å²) in [5.74, 6) is 0. The van der Waals surface area contributed by atoms with Crippen molar-refractivity contribution in [3.63, 3.8) is 0 Å². The van der Waals surface area contributed by atoms with Crippen molar-refractivity contribution in [2.45, 2.75) is 27.2 Å². The molecule has 0 aliphatic carbocycles. The van der Waals surface area contributed by atoms with Crippen LogP contribution < -0.4 is 4.72 Å². The number of nitrogens with zero attached hydrogens (tertiary/aromatic N) is 1. The molecule has 4 nitrogen and oxygen atoms in total. The van der Waals surface area contributed by atoms with Gasteiger partial charge in [0.2, 0.25) is 0 Å². The SMILES string of the molecule is CN(C)S(=O)(=O)NCCC(C)(C)C. The van der Waals surface area contributed by atoms with E-state index in [-0.39, 0.29) is 5.41 Å². The molecule has 0 radical (unpaired) electrons. The maximum Gasteiger partial charge on any atom is 0.278 e. The maximum atomic E-state index is 11.2. The van der Waals surface area contributed by atoms with Gasteiger partial charge in [0.1, 0.15) is 0 Å². The lowest BCUT2D eigenvalue weighted by Crippen LogP contribution is -2.37. The van der Waals surface area contributed by atoms with E-state index in [0.29, 0.717) is 6.54 Å². The van der Waals surface area contributed by atoms with Gasteiger partial charge in [-0.05, 0) is 11.8 Å². The van der Waals surface area contributed by atoms with Gasteiger partial charge in [-0.1, -0.05) is 20.8 Å². The Labute approximate surface area is 81.5 Å². The predicted molar refractivity (Wildman–Crippen MR) is 54.7 cm³/mol. The van der Waals surface area contributed by atoms with Crippen LogP contribution in [-0.4, -0.2) is 33.4 Å². The van der Waals surface area contributed by atoms with Crippen molar-refractivity contribution in [3.05, 3.63) is 0 Å². The third-order valence-electron chi connectivity index (χ3n) is 1.64. The van der Waals surface area contributed by atoms with E-state index >= 15 is 0 Å². The van der Waals surface area contributed by atoms with E-state index in [1.54, 1.807) is 0 Å². The second-order valence-corrected chi connectivity index (χ2v) is 6.46. The van der Waals surface area contributed by atoms with E-state index in [0.717, 1.165) is 6.42 Å². The largest absolute Gasteiger partial charge is 0.278 e. The van der Waals surface area contributed by atoms with E-state index in [1.807, 2.05) is 0 Å². The standard InChI is InChI=1S/C8H20N2O2S/c1-8(2,3)6-7-9-13(11,12)10(4)5/h9H,6-7H2,1-5H3. The number of hydrogen-bond donors (Lipinski definition) is 1. The zero-order valence-electron chi connectivity index (χ0n) is 9.09. The maximum absolute atomic E-state index is 11.2. The molecule has 0 saturated heterocycles. The molecule has 0 bridgehead atoms. The lowest BCUT2D eigenvalue weighted by Gasteiger charge is -2.19. The van der Waals surface area contributed by atoms with Gasteiger partial charge in [0.05, 0.1) is 0 Å². The molecule has 0 unspecified atom stereocenters. The van der Waals surface area contributed by atoms with E-state index < -0.39 is 10.2 Å². The van der Waals surface area contributed by atoms with Gasteiger partial charge in [0.15, 0.2) is 0 Å². The Hall–Kier alpha value is -0.130. The molecule has 0 rings (SSSR count). The Morgan fingerprint density at radius 3 is 2.00 bits per heavy atom. The van der Waals surface area contributed by atoms with Gasteiger partial charge in [-0.3, -0.25) is 0 Å². The van der Waals surface area contributed by atoms with Crippen molar-refractivity contribution in [2.24, 2.45) is 5.41 Å². The molecule has 1 N–H and O–H groups in total. The molecular formula is C8H20N2O2S. The molecule has 0 aromatic rings. The van der Waals surface area contributed by atoms with Crippen LogP contribution >= 0.6 is 0 Å². The molecule has 5 heteroatoms. The third-order valence-corrected chi connectivity index (χ3v) is 3.17. The molecule has 0 amide bonds. The van der Waals surface area contributed by atoms with E-state index in [2.05, 4.69) is 25.5 Å².